The second-order valence-corrected chi connectivity index (χ2v) is 9.75. The lowest BCUT2D eigenvalue weighted by Crippen LogP contribution is -2.48. The minimum atomic E-state index is -4.85. The van der Waals surface area contributed by atoms with Crippen molar-refractivity contribution in [1.82, 2.24) is 24.9 Å². The Labute approximate surface area is 204 Å². The molecule has 1 saturated carbocycles. The van der Waals surface area contributed by atoms with Gasteiger partial charge in [0.2, 0.25) is 5.95 Å². The number of benzene rings is 1. The first-order valence-corrected chi connectivity index (χ1v) is 11.8. The molecule has 2 bridgehead atoms. The fourth-order valence-corrected chi connectivity index (χ4v) is 5.06. The highest BCUT2D eigenvalue weighted by Crippen LogP contribution is 2.40. The molecule has 1 unspecified atom stereocenters. The van der Waals surface area contributed by atoms with Crippen LogP contribution in [0, 0.1) is 31.5 Å². The number of fused-ring (bicyclic) bond motifs is 2. The zero-order valence-electron chi connectivity index (χ0n) is 20.3. The van der Waals surface area contributed by atoms with Gasteiger partial charge < -0.3 is 19.5 Å². The van der Waals surface area contributed by atoms with Crippen molar-refractivity contribution in [2.75, 3.05) is 23.3 Å². The number of ether oxygens (including phenoxy) is 1. The minimum Gasteiger partial charge on any atom is -0.424 e. The van der Waals surface area contributed by atoms with E-state index in [2.05, 4.69) is 30.4 Å². The normalized spacial score (nSPS) is 21.9. The van der Waals surface area contributed by atoms with Gasteiger partial charge in [-0.15, -0.1) is 5.10 Å². The number of nitrogens with one attached hydrogen (secondary N) is 1. The second kappa shape index (κ2) is 8.93. The summed E-state index contributed by atoms with van der Waals surface area (Å²) in [5.41, 5.74) is -1.56. The molecular weight excluding hydrogens is 482 g/mol. The highest BCUT2D eigenvalue weighted by atomic mass is 19.4. The predicted octanol–water partition coefficient (Wildman–Crippen LogP) is 5.14. The fourth-order valence-electron chi connectivity index (χ4n) is 5.06. The Kier molecular flexibility index (Phi) is 6.03. The van der Waals surface area contributed by atoms with Crippen molar-refractivity contribution in [2.45, 2.75) is 58.8 Å². The smallest absolute Gasteiger partial charge is 0.419 e. The van der Waals surface area contributed by atoms with E-state index < -0.39 is 17.6 Å². The van der Waals surface area contributed by atoms with Crippen LogP contribution in [-0.2, 0) is 6.18 Å². The number of hydrogen-bond donors (Lipinski definition) is 1. The standard InChI is InChI=1S/C23H27F4N7O2/c1-11(2)34-22(35-16-7-12(3)18(24)17(8-16)23(25,26)27)30-20(31-34)29-19-14-5-6-15(19)10-33(9-14)21-28-13(4)32-36-21/h7-8,11,14-15,19H,5-6,9-10H2,1-4H3,(H,29,31)/t14-,15+,19?. The summed E-state index contributed by atoms with van der Waals surface area (Å²) in [5, 5.41) is 11.8. The van der Waals surface area contributed by atoms with Gasteiger partial charge >= 0.3 is 18.2 Å². The van der Waals surface area contributed by atoms with Crippen LogP contribution < -0.4 is 15.0 Å². The van der Waals surface area contributed by atoms with E-state index in [9.17, 15) is 17.6 Å². The van der Waals surface area contributed by atoms with Crippen molar-refractivity contribution in [3.63, 3.8) is 0 Å². The molecule has 2 aromatic heterocycles. The van der Waals surface area contributed by atoms with Crippen LogP contribution >= 0.6 is 0 Å². The molecular formula is C23H27F4N7O2. The number of aromatic nitrogens is 5. The van der Waals surface area contributed by atoms with Crippen molar-refractivity contribution >= 4 is 12.0 Å². The first kappa shape index (κ1) is 24.3. The van der Waals surface area contributed by atoms with Gasteiger partial charge in [-0.1, -0.05) is 5.16 Å². The number of hydrogen-bond acceptors (Lipinski definition) is 8. The Bertz CT molecular complexity index is 1240. The van der Waals surface area contributed by atoms with E-state index in [1.807, 2.05) is 13.8 Å². The lowest BCUT2D eigenvalue weighted by atomic mass is 9.92. The molecule has 9 nitrogen and oxygen atoms in total. The Morgan fingerprint density at radius 2 is 1.81 bits per heavy atom. The SMILES string of the molecule is Cc1noc(N2C[C@H]3CC[C@@H](C2)C3Nc2nc(Oc3cc(C)c(F)c(C(F)(F)F)c3)n(C(C)C)n2)n1. The molecule has 3 heterocycles. The Morgan fingerprint density at radius 3 is 2.39 bits per heavy atom. The molecule has 0 amide bonds. The third kappa shape index (κ3) is 4.58. The van der Waals surface area contributed by atoms with E-state index in [4.69, 9.17) is 9.26 Å². The van der Waals surface area contributed by atoms with E-state index in [0.717, 1.165) is 25.9 Å². The van der Waals surface area contributed by atoms with Crippen molar-refractivity contribution in [2.24, 2.45) is 11.8 Å². The molecule has 1 saturated heterocycles. The third-order valence-electron chi connectivity index (χ3n) is 6.75. The average molecular weight is 510 g/mol. The van der Waals surface area contributed by atoms with Gasteiger partial charge in [-0.05, 0) is 70.1 Å². The number of nitrogens with zero attached hydrogens (tertiary/aromatic N) is 6. The number of halogens is 4. The topological polar surface area (TPSA) is 94.1 Å². The molecule has 2 aliphatic rings. The minimum absolute atomic E-state index is 0.0257. The van der Waals surface area contributed by atoms with Gasteiger partial charge in [-0.25, -0.2) is 9.07 Å². The van der Waals surface area contributed by atoms with Crippen LogP contribution in [0.3, 0.4) is 0 Å². The molecule has 36 heavy (non-hydrogen) atoms. The lowest BCUT2D eigenvalue weighted by Gasteiger charge is -2.37. The van der Waals surface area contributed by atoms with E-state index in [1.54, 1.807) is 6.92 Å². The maximum absolute atomic E-state index is 14.1. The number of aryl methyl sites for hydroxylation is 2. The third-order valence-corrected chi connectivity index (χ3v) is 6.75. The molecule has 3 atom stereocenters. The Morgan fingerprint density at radius 1 is 1.11 bits per heavy atom. The van der Waals surface area contributed by atoms with Crippen LogP contribution in [0.15, 0.2) is 16.7 Å². The maximum atomic E-state index is 14.1. The van der Waals surface area contributed by atoms with E-state index in [1.165, 1.54) is 17.7 Å². The number of alkyl halides is 3. The van der Waals surface area contributed by atoms with Crippen LogP contribution in [0.25, 0.3) is 0 Å². The monoisotopic (exact) mass is 509 g/mol. The van der Waals surface area contributed by atoms with E-state index >= 15 is 0 Å². The molecule has 1 N–H and O–H groups in total. The Hall–Kier alpha value is -3.38. The quantitative estimate of drug-likeness (QED) is 0.457. The largest absolute Gasteiger partial charge is 0.424 e. The summed E-state index contributed by atoms with van der Waals surface area (Å²) in [6, 6.07) is 2.35. The summed E-state index contributed by atoms with van der Waals surface area (Å²) in [4.78, 5) is 10.9. The van der Waals surface area contributed by atoms with Gasteiger partial charge in [0.25, 0.3) is 0 Å². The summed E-state index contributed by atoms with van der Waals surface area (Å²) in [7, 11) is 0. The zero-order chi connectivity index (χ0) is 25.8. The molecule has 5 rings (SSSR count). The summed E-state index contributed by atoms with van der Waals surface area (Å²) in [5.74, 6) is 0.0518. The fraction of sp³-hybridized carbons (Fsp3) is 0.565. The van der Waals surface area contributed by atoms with E-state index in [0.29, 0.717) is 35.7 Å². The number of rotatable bonds is 6. The molecule has 3 aromatic rings. The summed E-state index contributed by atoms with van der Waals surface area (Å²) in [6.07, 6.45) is -2.80. The van der Waals surface area contributed by atoms with Crippen LogP contribution in [-0.4, -0.2) is 44.0 Å². The van der Waals surface area contributed by atoms with Crippen LogP contribution in [0.5, 0.6) is 11.8 Å². The van der Waals surface area contributed by atoms with Gasteiger partial charge in [-0.3, -0.25) is 0 Å². The molecule has 0 spiro atoms. The highest BCUT2D eigenvalue weighted by molar-refractivity contribution is 5.39. The van der Waals surface area contributed by atoms with E-state index in [-0.39, 0.29) is 29.4 Å². The molecule has 2 fully saturated rings. The van der Waals surface area contributed by atoms with Crippen molar-refractivity contribution in [1.29, 1.82) is 0 Å². The second-order valence-electron chi connectivity index (χ2n) is 9.75. The summed E-state index contributed by atoms with van der Waals surface area (Å²) < 4.78 is 66.4. The molecule has 1 aromatic carbocycles. The van der Waals surface area contributed by atoms with Gasteiger partial charge in [-0.2, -0.15) is 23.1 Å². The maximum Gasteiger partial charge on any atom is 0.419 e. The first-order valence-electron chi connectivity index (χ1n) is 11.8. The Balaban J connectivity index is 1.36. The molecule has 1 aliphatic carbocycles. The summed E-state index contributed by atoms with van der Waals surface area (Å²) in [6.45, 7) is 8.25. The highest BCUT2D eigenvalue weighted by Gasteiger charge is 2.44. The first-order chi connectivity index (χ1) is 17.0. The van der Waals surface area contributed by atoms with Crippen LogP contribution in [0.1, 0.15) is 49.7 Å². The average Bonchev–Trinajstić information content (AvgIpc) is 3.46. The van der Waals surface area contributed by atoms with Crippen molar-refractivity contribution in [3.05, 3.63) is 34.9 Å². The molecule has 13 heteroatoms. The molecule has 0 radical (unpaired) electrons. The number of anilines is 2. The van der Waals surface area contributed by atoms with Crippen molar-refractivity contribution < 1.29 is 26.8 Å². The lowest BCUT2D eigenvalue weighted by molar-refractivity contribution is -0.140. The van der Waals surface area contributed by atoms with Crippen molar-refractivity contribution in [3.8, 4) is 11.8 Å². The van der Waals surface area contributed by atoms with Crippen LogP contribution in [0.2, 0.25) is 0 Å². The number of piperidine rings is 1. The summed E-state index contributed by atoms with van der Waals surface area (Å²) >= 11 is 0. The molecule has 194 valence electrons. The van der Waals surface area contributed by atoms with Gasteiger partial charge in [0.05, 0.1) is 11.6 Å². The van der Waals surface area contributed by atoms with Gasteiger partial charge in [0.1, 0.15) is 11.6 Å². The molecule has 1 aliphatic heterocycles. The van der Waals surface area contributed by atoms with Gasteiger partial charge in [0, 0.05) is 19.1 Å². The predicted molar refractivity (Wildman–Crippen MR) is 121 cm³/mol. The van der Waals surface area contributed by atoms with Gasteiger partial charge in [0.15, 0.2) is 5.82 Å². The van der Waals surface area contributed by atoms with Crippen LogP contribution in [0.4, 0.5) is 29.5 Å². The zero-order valence-corrected chi connectivity index (χ0v) is 20.3.